The highest BCUT2D eigenvalue weighted by molar-refractivity contribution is 6.57. The maximum Gasteiger partial charge on any atom is 0.335 e. The van der Waals surface area contributed by atoms with Gasteiger partial charge in [0.05, 0.1) is 25.3 Å². The molecule has 7 nitrogen and oxygen atoms in total. The minimum atomic E-state index is -0.738. The van der Waals surface area contributed by atoms with Gasteiger partial charge in [0.2, 0.25) is 0 Å². The number of imide groups is 1. The molecule has 1 rings (SSSR count). The summed E-state index contributed by atoms with van der Waals surface area (Å²) in [5.74, 6) is -1.79. The van der Waals surface area contributed by atoms with Crippen LogP contribution in [0.1, 0.15) is 25.7 Å². The Kier molecular flexibility index (Phi) is 5.51. The van der Waals surface area contributed by atoms with Crippen molar-refractivity contribution in [2.75, 3.05) is 13.2 Å². The lowest BCUT2D eigenvalue weighted by Gasteiger charge is -2.12. The molecule has 0 aromatic rings. The van der Waals surface area contributed by atoms with Gasteiger partial charge in [0.1, 0.15) is 0 Å². The van der Waals surface area contributed by atoms with Gasteiger partial charge in [-0.15, -0.1) is 5.06 Å². The molecule has 0 aromatic carbocycles. The molecule has 0 aromatic heterocycles. The molecule has 1 saturated heterocycles. The van der Waals surface area contributed by atoms with Crippen molar-refractivity contribution in [1.82, 2.24) is 5.06 Å². The van der Waals surface area contributed by atoms with Gasteiger partial charge >= 0.3 is 5.97 Å². The molecule has 18 heavy (non-hydrogen) atoms. The van der Waals surface area contributed by atoms with Gasteiger partial charge in [0.25, 0.3) is 11.8 Å². The summed E-state index contributed by atoms with van der Waals surface area (Å²) >= 11 is 0. The van der Waals surface area contributed by atoms with Gasteiger partial charge in [-0.25, -0.2) is 4.79 Å². The van der Waals surface area contributed by atoms with Gasteiger partial charge < -0.3 is 14.4 Å². The number of hydroxylamine groups is 2. The summed E-state index contributed by atoms with van der Waals surface area (Å²) in [5.41, 5.74) is -0.495. The molecule has 2 radical (unpaired) electrons. The fraction of sp³-hybridized carbons (Fsp3) is 0.600. The quantitative estimate of drug-likeness (QED) is 0.331. The highest BCUT2D eigenvalue weighted by Crippen LogP contribution is 2.12. The SMILES string of the molecule is [B]C(=O)CCOCCC(=O)ON1C(=O)CCC1=O. The van der Waals surface area contributed by atoms with Crippen LogP contribution in [0.25, 0.3) is 0 Å². The minimum absolute atomic E-state index is 0.0301. The number of nitrogens with zero attached hydrogens (tertiary/aromatic N) is 1. The van der Waals surface area contributed by atoms with E-state index in [0.717, 1.165) is 0 Å². The first-order valence-corrected chi connectivity index (χ1v) is 5.43. The zero-order valence-corrected chi connectivity index (χ0v) is 9.72. The molecule has 0 saturated carbocycles. The molecular formula is C10H12BNO6. The fourth-order valence-corrected chi connectivity index (χ4v) is 1.24. The second-order valence-electron chi connectivity index (χ2n) is 3.62. The van der Waals surface area contributed by atoms with E-state index in [9.17, 15) is 19.2 Å². The van der Waals surface area contributed by atoms with Crippen LogP contribution < -0.4 is 0 Å². The van der Waals surface area contributed by atoms with Crippen molar-refractivity contribution in [2.45, 2.75) is 25.7 Å². The normalized spacial score (nSPS) is 15.0. The summed E-state index contributed by atoms with van der Waals surface area (Å²) in [6.45, 7) is 0.145. The van der Waals surface area contributed by atoms with Crippen molar-refractivity contribution in [2.24, 2.45) is 0 Å². The van der Waals surface area contributed by atoms with Crippen molar-refractivity contribution < 1.29 is 28.8 Å². The monoisotopic (exact) mass is 253 g/mol. The van der Waals surface area contributed by atoms with Crippen LogP contribution in [0.15, 0.2) is 0 Å². The van der Waals surface area contributed by atoms with Crippen molar-refractivity contribution in [1.29, 1.82) is 0 Å². The van der Waals surface area contributed by atoms with Gasteiger partial charge in [-0.05, 0) is 0 Å². The summed E-state index contributed by atoms with van der Waals surface area (Å²) in [7, 11) is 4.88. The third-order valence-corrected chi connectivity index (χ3v) is 2.14. The van der Waals surface area contributed by atoms with Crippen LogP contribution >= 0.6 is 0 Å². The first-order valence-electron chi connectivity index (χ1n) is 5.43. The maximum atomic E-state index is 11.2. The Morgan fingerprint density at radius 1 is 1.11 bits per heavy atom. The topological polar surface area (TPSA) is 90.0 Å². The van der Waals surface area contributed by atoms with Crippen LogP contribution in [0.4, 0.5) is 0 Å². The molecule has 0 aliphatic carbocycles. The lowest BCUT2D eigenvalue weighted by molar-refractivity contribution is -0.198. The van der Waals surface area contributed by atoms with Crippen LogP contribution in [-0.2, 0) is 28.8 Å². The first kappa shape index (κ1) is 14.4. The zero-order chi connectivity index (χ0) is 13.5. The van der Waals surface area contributed by atoms with E-state index < -0.39 is 23.5 Å². The predicted octanol–water partition coefficient (Wildman–Crippen LogP) is -0.915. The van der Waals surface area contributed by atoms with Gasteiger partial charge in [-0.2, -0.15) is 0 Å². The number of ether oxygens (including phenoxy) is 1. The fourth-order valence-electron chi connectivity index (χ4n) is 1.24. The Labute approximate surface area is 105 Å². The van der Waals surface area contributed by atoms with Gasteiger partial charge in [0, 0.05) is 19.3 Å². The molecule has 0 spiro atoms. The molecule has 0 atom stereocenters. The van der Waals surface area contributed by atoms with E-state index in [4.69, 9.17) is 12.6 Å². The average molecular weight is 253 g/mol. The van der Waals surface area contributed by atoms with Crippen LogP contribution in [0, 0.1) is 0 Å². The molecule has 2 amide bonds. The largest absolute Gasteiger partial charge is 0.380 e. The van der Waals surface area contributed by atoms with Crippen molar-refractivity contribution in [3.05, 3.63) is 0 Å². The second-order valence-corrected chi connectivity index (χ2v) is 3.62. The van der Waals surface area contributed by atoms with E-state index in [1.54, 1.807) is 0 Å². The van der Waals surface area contributed by atoms with Crippen LogP contribution in [-0.4, -0.2) is 49.6 Å². The summed E-state index contributed by atoms with van der Waals surface area (Å²) in [5, 5.41) is 0.478. The summed E-state index contributed by atoms with van der Waals surface area (Å²) < 4.78 is 4.94. The van der Waals surface area contributed by atoms with E-state index in [1.165, 1.54) is 0 Å². The van der Waals surface area contributed by atoms with E-state index in [-0.39, 0.29) is 38.9 Å². The number of hydrogen-bond donors (Lipinski definition) is 0. The van der Waals surface area contributed by atoms with E-state index in [0.29, 0.717) is 5.06 Å². The van der Waals surface area contributed by atoms with Crippen molar-refractivity contribution in [3.8, 4) is 0 Å². The molecule has 1 aliphatic heterocycles. The molecule has 8 heteroatoms. The highest BCUT2D eigenvalue weighted by Gasteiger charge is 2.32. The highest BCUT2D eigenvalue weighted by atomic mass is 16.7. The van der Waals surface area contributed by atoms with E-state index in [2.05, 4.69) is 4.84 Å². The van der Waals surface area contributed by atoms with E-state index >= 15 is 0 Å². The minimum Gasteiger partial charge on any atom is -0.380 e. The Morgan fingerprint density at radius 2 is 1.67 bits per heavy atom. The molecule has 0 N–H and O–H groups in total. The Morgan fingerprint density at radius 3 is 2.22 bits per heavy atom. The van der Waals surface area contributed by atoms with Crippen LogP contribution in [0.3, 0.4) is 0 Å². The molecule has 1 fully saturated rings. The Balaban J connectivity index is 2.16. The Hall–Kier alpha value is -1.70. The third kappa shape index (κ3) is 4.66. The van der Waals surface area contributed by atoms with Crippen molar-refractivity contribution >= 4 is 31.3 Å². The van der Waals surface area contributed by atoms with Crippen LogP contribution in [0.5, 0.6) is 0 Å². The van der Waals surface area contributed by atoms with Gasteiger partial charge in [0.15, 0.2) is 7.85 Å². The van der Waals surface area contributed by atoms with Gasteiger partial charge in [-0.1, -0.05) is 0 Å². The predicted molar refractivity (Wildman–Crippen MR) is 58.0 cm³/mol. The average Bonchev–Trinajstić information content (AvgIpc) is 2.60. The van der Waals surface area contributed by atoms with Gasteiger partial charge in [-0.3, -0.25) is 9.59 Å². The maximum absolute atomic E-state index is 11.2. The second kappa shape index (κ2) is 6.90. The molecular weight excluding hydrogens is 241 g/mol. The number of amides is 2. The standard InChI is InChI=1S/C10H12BNO6/c11-7(13)3-5-17-6-4-10(16)18-12-8(14)1-2-9(12)15/h1-6H2. The smallest absolute Gasteiger partial charge is 0.335 e. The molecule has 1 aliphatic rings. The molecule has 0 unspecified atom stereocenters. The Bertz CT molecular complexity index is 353. The van der Waals surface area contributed by atoms with Crippen LogP contribution in [0.2, 0.25) is 0 Å². The molecule has 1 heterocycles. The lowest BCUT2D eigenvalue weighted by atomic mass is 10.0. The lowest BCUT2D eigenvalue weighted by Crippen LogP contribution is -2.32. The zero-order valence-electron chi connectivity index (χ0n) is 9.72. The third-order valence-electron chi connectivity index (χ3n) is 2.14. The number of hydrogen-bond acceptors (Lipinski definition) is 6. The number of carbonyl (C=O) groups excluding carboxylic acids is 4. The number of rotatable bonds is 7. The summed E-state index contributed by atoms with van der Waals surface area (Å²) in [6.07, 6.45) is 0.0659. The first-order chi connectivity index (χ1) is 8.50. The molecule has 0 bridgehead atoms. The summed E-state index contributed by atoms with van der Waals surface area (Å²) in [4.78, 5) is 48.4. The number of carbonyl (C=O) groups is 4. The van der Waals surface area contributed by atoms with Crippen molar-refractivity contribution in [3.63, 3.8) is 0 Å². The van der Waals surface area contributed by atoms with E-state index in [1.807, 2.05) is 0 Å². The molecule has 96 valence electrons. The summed E-state index contributed by atoms with van der Waals surface area (Å²) in [6, 6.07) is 0.